The van der Waals surface area contributed by atoms with Crippen molar-refractivity contribution in [2.45, 2.75) is 66.7 Å². The number of fused-ring (bicyclic) bond motifs is 3. The van der Waals surface area contributed by atoms with Crippen LogP contribution in [0.2, 0.25) is 0 Å². The van der Waals surface area contributed by atoms with Crippen molar-refractivity contribution in [3.8, 4) is 0 Å². The molecule has 22 heavy (non-hydrogen) atoms. The van der Waals surface area contributed by atoms with Gasteiger partial charge in [0.1, 0.15) is 11.6 Å². The zero-order chi connectivity index (χ0) is 16.1. The second kappa shape index (κ2) is 4.05. The minimum Gasteiger partial charge on any atom is -0.299 e. The van der Waals surface area contributed by atoms with E-state index in [1.54, 1.807) is 0 Å². The molecule has 0 aliphatic heterocycles. The fraction of sp³-hybridized carbons (Fsp3) is 0.900. The van der Waals surface area contributed by atoms with Crippen molar-refractivity contribution in [1.29, 1.82) is 0 Å². The molecular formula is C20H30O2. The molecule has 2 nitrogen and oxygen atoms in total. The van der Waals surface area contributed by atoms with E-state index in [1.165, 1.54) is 6.42 Å². The van der Waals surface area contributed by atoms with Gasteiger partial charge in [-0.15, -0.1) is 0 Å². The van der Waals surface area contributed by atoms with E-state index < -0.39 is 0 Å². The van der Waals surface area contributed by atoms with Crippen LogP contribution in [0.3, 0.4) is 0 Å². The largest absolute Gasteiger partial charge is 0.299 e. The first kappa shape index (κ1) is 14.9. The molecule has 2 heteroatoms. The Balaban J connectivity index is 1.89. The SMILES string of the molecule is C[C@@H]1CC[C@@]23[C@H](C)CC(=O)[C@@H](C[C@H]2[C@]2(C)CC(=O)[C@H]12)C3(C)C. The summed E-state index contributed by atoms with van der Waals surface area (Å²) in [6.45, 7) is 11.7. The molecule has 7 atom stereocenters. The molecule has 4 rings (SSSR count). The van der Waals surface area contributed by atoms with Gasteiger partial charge in [0, 0.05) is 24.7 Å². The lowest BCUT2D eigenvalue weighted by atomic mass is 9.44. The minimum absolute atomic E-state index is 0.0999. The highest BCUT2D eigenvalue weighted by Gasteiger charge is 2.73. The highest BCUT2D eigenvalue weighted by molar-refractivity contribution is 5.90. The number of carbonyl (C=O) groups is 2. The Morgan fingerprint density at radius 2 is 1.73 bits per heavy atom. The fourth-order valence-electron chi connectivity index (χ4n) is 8.03. The van der Waals surface area contributed by atoms with Gasteiger partial charge in [-0.1, -0.05) is 34.6 Å². The van der Waals surface area contributed by atoms with Gasteiger partial charge in [-0.3, -0.25) is 9.59 Å². The summed E-state index contributed by atoms with van der Waals surface area (Å²) in [4.78, 5) is 25.0. The Morgan fingerprint density at radius 1 is 1.05 bits per heavy atom. The zero-order valence-corrected chi connectivity index (χ0v) is 14.7. The maximum atomic E-state index is 12.7. The van der Waals surface area contributed by atoms with Crippen LogP contribution in [0, 0.1) is 45.8 Å². The molecule has 0 aromatic rings. The van der Waals surface area contributed by atoms with Gasteiger partial charge < -0.3 is 0 Å². The molecule has 4 fully saturated rings. The van der Waals surface area contributed by atoms with Crippen molar-refractivity contribution in [1.82, 2.24) is 0 Å². The second-order valence-corrected chi connectivity index (χ2v) is 9.82. The van der Waals surface area contributed by atoms with Crippen LogP contribution in [0.1, 0.15) is 66.7 Å². The predicted molar refractivity (Wildman–Crippen MR) is 86.2 cm³/mol. The Bertz CT molecular complexity index is 562. The summed E-state index contributed by atoms with van der Waals surface area (Å²) in [7, 11) is 0. The number of rotatable bonds is 0. The van der Waals surface area contributed by atoms with Crippen molar-refractivity contribution in [2.75, 3.05) is 0 Å². The van der Waals surface area contributed by atoms with Crippen molar-refractivity contribution < 1.29 is 9.59 Å². The van der Waals surface area contributed by atoms with Crippen LogP contribution >= 0.6 is 0 Å². The van der Waals surface area contributed by atoms with Crippen LogP contribution in [0.5, 0.6) is 0 Å². The molecule has 0 aromatic heterocycles. The van der Waals surface area contributed by atoms with Crippen molar-refractivity contribution in [3.05, 3.63) is 0 Å². The zero-order valence-electron chi connectivity index (χ0n) is 14.7. The van der Waals surface area contributed by atoms with E-state index in [9.17, 15) is 9.59 Å². The lowest BCUT2D eigenvalue weighted by Crippen LogP contribution is -2.58. The summed E-state index contributed by atoms with van der Waals surface area (Å²) in [5, 5.41) is 0. The maximum absolute atomic E-state index is 12.7. The van der Waals surface area contributed by atoms with Crippen molar-refractivity contribution >= 4 is 11.6 Å². The van der Waals surface area contributed by atoms with Crippen LogP contribution in [0.4, 0.5) is 0 Å². The maximum Gasteiger partial charge on any atom is 0.137 e. The van der Waals surface area contributed by atoms with Gasteiger partial charge in [-0.05, 0) is 53.3 Å². The lowest BCUT2D eigenvalue weighted by Gasteiger charge is -2.59. The molecule has 0 heterocycles. The normalized spacial score (nSPS) is 56.0. The van der Waals surface area contributed by atoms with Crippen LogP contribution in [0.25, 0.3) is 0 Å². The van der Waals surface area contributed by atoms with Crippen LogP contribution in [-0.4, -0.2) is 11.6 Å². The molecule has 4 aliphatic rings. The second-order valence-electron chi connectivity index (χ2n) is 9.82. The van der Waals surface area contributed by atoms with Gasteiger partial charge in [0.15, 0.2) is 0 Å². The van der Waals surface area contributed by atoms with E-state index in [0.717, 1.165) is 25.7 Å². The molecule has 122 valence electrons. The molecule has 0 aromatic carbocycles. The summed E-state index contributed by atoms with van der Waals surface area (Å²) < 4.78 is 0. The number of Topliss-reactive ketones (excluding diaryl/α,β-unsaturated/α-hetero) is 2. The quantitative estimate of drug-likeness (QED) is 0.669. The number of hydrogen-bond acceptors (Lipinski definition) is 2. The Kier molecular flexibility index (Phi) is 2.74. The summed E-state index contributed by atoms with van der Waals surface area (Å²) in [6, 6.07) is 0. The Hall–Kier alpha value is -0.660. The molecule has 0 saturated heterocycles. The first-order valence-electron chi connectivity index (χ1n) is 9.21. The number of ketones is 2. The molecule has 2 bridgehead atoms. The van der Waals surface area contributed by atoms with Crippen molar-refractivity contribution in [3.63, 3.8) is 0 Å². The van der Waals surface area contributed by atoms with Crippen molar-refractivity contribution in [2.24, 2.45) is 45.8 Å². The van der Waals surface area contributed by atoms with E-state index >= 15 is 0 Å². The smallest absolute Gasteiger partial charge is 0.137 e. The van der Waals surface area contributed by atoms with Gasteiger partial charge in [-0.2, -0.15) is 0 Å². The summed E-state index contributed by atoms with van der Waals surface area (Å²) in [6.07, 6.45) is 4.96. The first-order valence-corrected chi connectivity index (χ1v) is 9.21. The topological polar surface area (TPSA) is 34.1 Å². The number of carbonyl (C=O) groups excluding carboxylic acids is 2. The van der Waals surface area contributed by atoms with E-state index in [-0.39, 0.29) is 28.1 Å². The standard InChI is InChI=1S/C20H30O2/c1-11-6-7-20-12(2)8-14(21)13(18(20,3)4)9-16(20)19(5)10-15(22)17(11)19/h11-13,16-17H,6-10H2,1-5H3/t11-,12-,13-,16+,17+,19+,20-/m1/s1. The van der Waals surface area contributed by atoms with Crippen LogP contribution in [-0.2, 0) is 9.59 Å². The molecule has 0 radical (unpaired) electrons. The highest BCUT2D eigenvalue weighted by Crippen LogP contribution is 2.76. The Labute approximate surface area is 134 Å². The summed E-state index contributed by atoms with van der Waals surface area (Å²) in [5.74, 6) is 3.03. The molecule has 0 N–H and O–H groups in total. The molecule has 1 spiro atoms. The monoisotopic (exact) mass is 302 g/mol. The van der Waals surface area contributed by atoms with Gasteiger partial charge in [0.2, 0.25) is 0 Å². The fourth-order valence-corrected chi connectivity index (χ4v) is 8.03. The minimum atomic E-state index is 0.0999. The van der Waals surface area contributed by atoms with Crippen LogP contribution < -0.4 is 0 Å². The average molecular weight is 302 g/mol. The molecule has 0 unspecified atom stereocenters. The predicted octanol–water partition coefficient (Wildman–Crippen LogP) is 4.27. The third-order valence-electron chi connectivity index (χ3n) is 8.93. The lowest BCUT2D eigenvalue weighted by molar-refractivity contribution is -0.161. The third kappa shape index (κ3) is 1.35. The Morgan fingerprint density at radius 3 is 2.36 bits per heavy atom. The van der Waals surface area contributed by atoms with Gasteiger partial charge in [-0.25, -0.2) is 0 Å². The van der Waals surface area contributed by atoms with E-state index in [1.807, 2.05) is 0 Å². The van der Waals surface area contributed by atoms with E-state index in [2.05, 4.69) is 34.6 Å². The molecule has 0 amide bonds. The molecular weight excluding hydrogens is 272 g/mol. The summed E-state index contributed by atoms with van der Waals surface area (Å²) in [5.41, 5.74) is 0.518. The third-order valence-corrected chi connectivity index (χ3v) is 8.93. The van der Waals surface area contributed by atoms with E-state index in [0.29, 0.717) is 29.3 Å². The van der Waals surface area contributed by atoms with E-state index in [4.69, 9.17) is 0 Å². The first-order chi connectivity index (χ1) is 10.2. The molecule has 4 saturated carbocycles. The van der Waals surface area contributed by atoms with Gasteiger partial charge in [0.05, 0.1) is 0 Å². The average Bonchev–Trinajstić information content (AvgIpc) is 2.49. The van der Waals surface area contributed by atoms with Crippen LogP contribution in [0.15, 0.2) is 0 Å². The summed E-state index contributed by atoms with van der Waals surface area (Å²) >= 11 is 0. The molecule has 4 aliphatic carbocycles. The van der Waals surface area contributed by atoms with Gasteiger partial charge >= 0.3 is 0 Å². The van der Waals surface area contributed by atoms with Gasteiger partial charge in [0.25, 0.3) is 0 Å². The number of hydrogen-bond donors (Lipinski definition) is 0. The highest BCUT2D eigenvalue weighted by atomic mass is 16.1.